The maximum atomic E-state index is 11.8. The van der Waals surface area contributed by atoms with E-state index >= 15 is 0 Å². The third-order valence-electron chi connectivity index (χ3n) is 2.96. The van der Waals surface area contributed by atoms with Crippen LogP contribution in [0.1, 0.15) is 17.9 Å². The zero-order chi connectivity index (χ0) is 17.4. The lowest BCUT2D eigenvalue weighted by Gasteiger charge is -2.05. The van der Waals surface area contributed by atoms with Gasteiger partial charge in [0.15, 0.2) is 0 Å². The van der Waals surface area contributed by atoms with Gasteiger partial charge in [-0.1, -0.05) is 0 Å². The molecule has 7 heteroatoms. The Morgan fingerprint density at radius 1 is 1.04 bits per heavy atom. The molecule has 5 nitrogen and oxygen atoms in total. The van der Waals surface area contributed by atoms with E-state index in [1.807, 2.05) is 0 Å². The highest BCUT2D eigenvalue weighted by atomic mass is 19.3. The third-order valence-corrected chi connectivity index (χ3v) is 2.96. The second kappa shape index (κ2) is 8.71. The molecule has 24 heavy (non-hydrogen) atoms. The molecule has 2 aromatic rings. The maximum absolute atomic E-state index is 11.8. The van der Waals surface area contributed by atoms with Gasteiger partial charge in [-0.25, -0.2) is 0 Å². The fourth-order valence-electron chi connectivity index (χ4n) is 1.77. The van der Waals surface area contributed by atoms with Crippen molar-refractivity contribution in [2.24, 2.45) is 0 Å². The van der Waals surface area contributed by atoms with Crippen molar-refractivity contribution in [1.29, 1.82) is 0 Å². The van der Waals surface area contributed by atoms with Crippen LogP contribution in [-0.2, 0) is 22.7 Å². The monoisotopic (exact) mass is 338 g/mol. The summed E-state index contributed by atoms with van der Waals surface area (Å²) in [5.41, 5.74) is 0. The summed E-state index contributed by atoms with van der Waals surface area (Å²) in [7, 11) is 1.58. The van der Waals surface area contributed by atoms with E-state index in [1.165, 1.54) is 0 Å². The molecule has 1 aromatic carbocycles. The third kappa shape index (κ3) is 5.75. The number of hydrogen-bond donors (Lipinski definition) is 0. The zero-order valence-corrected chi connectivity index (χ0v) is 13.0. The Morgan fingerprint density at radius 2 is 1.67 bits per heavy atom. The molecule has 0 aliphatic carbocycles. The van der Waals surface area contributed by atoms with Gasteiger partial charge in [0.25, 0.3) is 6.08 Å². The molecule has 0 N–H and O–H groups in total. The summed E-state index contributed by atoms with van der Waals surface area (Å²) in [6, 6.07) is 10.4. The quantitative estimate of drug-likeness (QED) is 0.679. The Hall–Kier alpha value is -2.83. The van der Waals surface area contributed by atoms with Gasteiger partial charge in [-0.3, -0.25) is 4.79 Å². The van der Waals surface area contributed by atoms with Crippen LogP contribution in [0.5, 0.6) is 11.5 Å². The first kappa shape index (κ1) is 17.5. The minimum Gasteiger partial charge on any atom is -0.497 e. The molecule has 0 fully saturated rings. The fraction of sp³-hybridized carbons (Fsp3) is 0.235. The number of esters is 1. The summed E-state index contributed by atoms with van der Waals surface area (Å²) in [5.74, 6) is 1.58. The summed E-state index contributed by atoms with van der Waals surface area (Å²) in [6.45, 7) is 0.0825. The molecule has 0 amide bonds. The van der Waals surface area contributed by atoms with E-state index in [4.69, 9.17) is 18.6 Å². The van der Waals surface area contributed by atoms with Crippen LogP contribution in [0.2, 0.25) is 0 Å². The van der Waals surface area contributed by atoms with Crippen molar-refractivity contribution < 1.29 is 32.2 Å². The first-order valence-electron chi connectivity index (χ1n) is 7.08. The van der Waals surface area contributed by atoms with E-state index < -0.39 is 18.5 Å². The lowest BCUT2D eigenvalue weighted by Crippen LogP contribution is -2.02. The van der Waals surface area contributed by atoms with Gasteiger partial charge in [-0.05, 0) is 42.5 Å². The lowest BCUT2D eigenvalue weighted by molar-refractivity contribution is -0.144. The summed E-state index contributed by atoms with van der Waals surface area (Å²) in [6.07, 6.45) is -1.89. The molecule has 0 aliphatic heterocycles. The van der Waals surface area contributed by atoms with Crippen LogP contribution in [0.3, 0.4) is 0 Å². The van der Waals surface area contributed by atoms with Gasteiger partial charge in [-0.2, -0.15) is 8.78 Å². The number of methoxy groups -OCH3 is 1. The largest absolute Gasteiger partial charge is 0.497 e. The van der Waals surface area contributed by atoms with Crippen LogP contribution in [0, 0.1) is 0 Å². The normalized spacial score (nSPS) is 10.1. The number of ether oxygens (including phenoxy) is 3. The molecule has 0 bridgehead atoms. The molecular formula is C17H16F2O5. The van der Waals surface area contributed by atoms with Gasteiger partial charge in [0.05, 0.1) is 13.5 Å². The average Bonchev–Trinajstić information content (AvgIpc) is 3.04. The number of halogens is 2. The molecule has 0 unspecified atom stereocenters. The van der Waals surface area contributed by atoms with Crippen LogP contribution in [0.15, 0.2) is 53.0 Å². The predicted molar refractivity (Wildman–Crippen MR) is 80.7 cm³/mol. The number of carbonyl (C=O) groups excluding carboxylic acids is 1. The Kier molecular flexibility index (Phi) is 6.36. The number of benzene rings is 1. The molecule has 0 radical (unpaired) electrons. The van der Waals surface area contributed by atoms with Crippen molar-refractivity contribution in [3.8, 4) is 11.5 Å². The molecule has 0 saturated carbocycles. The first-order valence-corrected chi connectivity index (χ1v) is 7.08. The van der Waals surface area contributed by atoms with Crippen LogP contribution in [-0.4, -0.2) is 13.1 Å². The molecular weight excluding hydrogens is 322 g/mol. The van der Waals surface area contributed by atoms with Crippen LogP contribution in [0.25, 0.3) is 0 Å². The predicted octanol–water partition coefficient (Wildman–Crippen LogP) is 4.08. The van der Waals surface area contributed by atoms with Gasteiger partial charge in [-0.15, -0.1) is 0 Å². The van der Waals surface area contributed by atoms with Gasteiger partial charge >= 0.3 is 5.97 Å². The Morgan fingerprint density at radius 3 is 2.29 bits per heavy atom. The molecule has 2 rings (SSSR count). The SMILES string of the molecule is COc1ccc(OCc2ccc(COC(=O)CC=C(F)F)o2)cc1. The lowest BCUT2D eigenvalue weighted by atomic mass is 10.3. The van der Waals surface area contributed by atoms with Crippen molar-refractivity contribution in [3.05, 3.63) is 60.1 Å². The van der Waals surface area contributed by atoms with Crippen molar-refractivity contribution >= 4 is 5.97 Å². The molecule has 1 heterocycles. The van der Waals surface area contributed by atoms with E-state index in [1.54, 1.807) is 43.5 Å². The molecule has 0 atom stereocenters. The smallest absolute Gasteiger partial charge is 0.310 e. The Bertz CT molecular complexity index is 687. The van der Waals surface area contributed by atoms with Crippen molar-refractivity contribution in [1.82, 2.24) is 0 Å². The fourth-order valence-corrected chi connectivity index (χ4v) is 1.77. The van der Waals surface area contributed by atoms with E-state index in [2.05, 4.69) is 0 Å². The maximum Gasteiger partial charge on any atom is 0.310 e. The van der Waals surface area contributed by atoms with E-state index in [0.717, 1.165) is 5.75 Å². The minimum absolute atomic E-state index is 0.122. The second-order valence-corrected chi connectivity index (χ2v) is 4.69. The average molecular weight is 338 g/mol. The van der Waals surface area contributed by atoms with E-state index in [-0.39, 0.29) is 13.2 Å². The highest BCUT2D eigenvalue weighted by molar-refractivity contribution is 5.71. The first-order chi connectivity index (χ1) is 11.6. The van der Waals surface area contributed by atoms with Crippen LogP contribution < -0.4 is 9.47 Å². The zero-order valence-electron chi connectivity index (χ0n) is 13.0. The molecule has 1 aromatic heterocycles. The molecule has 0 aliphatic rings. The number of hydrogen-bond acceptors (Lipinski definition) is 5. The Balaban J connectivity index is 1.78. The molecule has 0 spiro atoms. The van der Waals surface area contributed by atoms with Gasteiger partial charge < -0.3 is 18.6 Å². The minimum atomic E-state index is -1.91. The highest BCUT2D eigenvalue weighted by Crippen LogP contribution is 2.19. The van der Waals surface area contributed by atoms with Crippen molar-refractivity contribution in [2.75, 3.05) is 7.11 Å². The van der Waals surface area contributed by atoms with Gasteiger partial charge in [0.2, 0.25) is 0 Å². The summed E-state index contributed by atoms with van der Waals surface area (Å²) in [4.78, 5) is 11.2. The van der Waals surface area contributed by atoms with Gasteiger partial charge in [0.1, 0.15) is 36.2 Å². The second-order valence-electron chi connectivity index (χ2n) is 4.69. The standard InChI is InChI=1S/C17H16F2O5/c1-21-12-2-4-13(5-3-12)22-10-14-6-7-15(24-14)11-23-17(20)9-8-16(18)19/h2-8H,9-11H2,1H3. The van der Waals surface area contributed by atoms with Crippen molar-refractivity contribution in [3.63, 3.8) is 0 Å². The molecule has 0 saturated heterocycles. The number of furan rings is 1. The summed E-state index contributed by atoms with van der Waals surface area (Å²) < 4.78 is 44.5. The summed E-state index contributed by atoms with van der Waals surface area (Å²) >= 11 is 0. The summed E-state index contributed by atoms with van der Waals surface area (Å²) in [5, 5.41) is 0. The van der Waals surface area contributed by atoms with Crippen LogP contribution in [0.4, 0.5) is 8.78 Å². The van der Waals surface area contributed by atoms with Crippen LogP contribution >= 0.6 is 0 Å². The topological polar surface area (TPSA) is 57.9 Å². The number of rotatable bonds is 8. The Labute approximate surface area is 137 Å². The highest BCUT2D eigenvalue weighted by Gasteiger charge is 2.07. The van der Waals surface area contributed by atoms with Crippen molar-refractivity contribution in [2.45, 2.75) is 19.6 Å². The van der Waals surface area contributed by atoms with Gasteiger partial charge in [0, 0.05) is 0 Å². The van der Waals surface area contributed by atoms with E-state index in [0.29, 0.717) is 23.3 Å². The molecule has 128 valence electrons. The van der Waals surface area contributed by atoms with E-state index in [9.17, 15) is 13.6 Å². The number of carbonyl (C=O) groups is 1.